The molecule has 0 aliphatic carbocycles. The fourth-order valence-electron chi connectivity index (χ4n) is 1.20. The second kappa shape index (κ2) is 4.86. The van der Waals surface area contributed by atoms with Gasteiger partial charge in [-0.1, -0.05) is 0 Å². The predicted molar refractivity (Wildman–Crippen MR) is 48.6 cm³/mol. The minimum absolute atomic E-state index is 0.225. The van der Waals surface area contributed by atoms with Gasteiger partial charge in [-0.3, -0.25) is 9.48 Å². The van der Waals surface area contributed by atoms with E-state index in [2.05, 4.69) is 9.84 Å². The van der Waals surface area contributed by atoms with Crippen molar-refractivity contribution in [1.29, 1.82) is 0 Å². The molecule has 1 aromatic rings. The number of esters is 1. The van der Waals surface area contributed by atoms with Crippen LogP contribution in [0.2, 0.25) is 0 Å². The molecule has 4 nitrogen and oxygen atoms in total. The second-order valence-electron chi connectivity index (χ2n) is 2.97. The zero-order chi connectivity index (χ0) is 11.4. The molecule has 0 atom stereocenters. The van der Waals surface area contributed by atoms with E-state index in [1.54, 1.807) is 13.8 Å². The molecule has 0 bridgehead atoms. The van der Waals surface area contributed by atoms with Gasteiger partial charge in [-0.15, -0.1) is 0 Å². The molecule has 0 spiro atoms. The number of hydrogen-bond acceptors (Lipinski definition) is 3. The molecule has 0 saturated heterocycles. The topological polar surface area (TPSA) is 44.1 Å². The first kappa shape index (κ1) is 11.6. The number of carbonyl (C=O) groups excluding carboxylic acids is 1. The molecule has 0 N–H and O–H groups in total. The summed E-state index contributed by atoms with van der Waals surface area (Å²) in [5, 5.41) is 3.79. The van der Waals surface area contributed by atoms with E-state index in [4.69, 9.17) is 0 Å². The van der Waals surface area contributed by atoms with E-state index < -0.39 is 12.4 Å². The summed E-state index contributed by atoms with van der Waals surface area (Å²) in [6.07, 6.45) is -2.64. The molecule has 0 radical (unpaired) electrons. The lowest BCUT2D eigenvalue weighted by molar-refractivity contribution is -0.144. The highest BCUT2D eigenvalue weighted by molar-refractivity contribution is 5.69. The van der Waals surface area contributed by atoms with Crippen molar-refractivity contribution in [1.82, 2.24) is 9.78 Å². The van der Waals surface area contributed by atoms with Gasteiger partial charge in [0, 0.05) is 0 Å². The average Bonchev–Trinajstić information content (AvgIpc) is 2.47. The van der Waals surface area contributed by atoms with Crippen LogP contribution >= 0.6 is 0 Å². The van der Waals surface area contributed by atoms with Gasteiger partial charge >= 0.3 is 5.97 Å². The van der Waals surface area contributed by atoms with Crippen LogP contribution in [0.15, 0.2) is 6.07 Å². The molecular weight excluding hydrogens is 206 g/mol. The maximum absolute atomic E-state index is 12.5. The number of halogens is 2. The molecule has 1 aromatic heterocycles. The van der Waals surface area contributed by atoms with Crippen LogP contribution in [0.4, 0.5) is 8.78 Å². The van der Waals surface area contributed by atoms with Gasteiger partial charge in [0.15, 0.2) is 0 Å². The van der Waals surface area contributed by atoms with Gasteiger partial charge in [-0.2, -0.15) is 5.10 Å². The summed E-state index contributed by atoms with van der Waals surface area (Å²) in [5.74, 6) is -0.567. The van der Waals surface area contributed by atoms with Crippen molar-refractivity contribution in [3.63, 3.8) is 0 Å². The van der Waals surface area contributed by atoms with Crippen molar-refractivity contribution in [3.05, 3.63) is 17.5 Å². The van der Waals surface area contributed by atoms with E-state index in [9.17, 15) is 13.6 Å². The number of carbonyl (C=O) groups is 1. The summed E-state index contributed by atoms with van der Waals surface area (Å²) in [4.78, 5) is 11.1. The second-order valence-corrected chi connectivity index (χ2v) is 2.97. The predicted octanol–water partition coefficient (Wildman–Crippen LogP) is 1.69. The van der Waals surface area contributed by atoms with E-state index in [-0.39, 0.29) is 18.8 Å². The first-order valence-electron chi connectivity index (χ1n) is 4.52. The van der Waals surface area contributed by atoms with Gasteiger partial charge in [-0.25, -0.2) is 8.78 Å². The number of aromatic nitrogens is 2. The average molecular weight is 218 g/mol. The van der Waals surface area contributed by atoms with Crippen molar-refractivity contribution >= 4 is 5.97 Å². The number of rotatable bonds is 4. The fourth-order valence-corrected chi connectivity index (χ4v) is 1.20. The van der Waals surface area contributed by atoms with Crippen LogP contribution in [0, 0.1) is 6.92 Å². The molecule has 0 amide bonds. The van der Waals surface area contributed by atoms with Gasteiger partial charge in [0.05, 0.1) is 12.3 Å². The van der Waals surface area contributed by atoms with Crippen LogP contribution in [-0.4, -0.2) is 22.4 Å². The Bertz CT molecular complexity index is 350. The van der Waals surface area contributed by atoms with Gasteiger partial charge in [0.2, 0.25) is 0 Å². The Morgan fingerprint density at radius 2 is 2.33 bits per heavy atom. The quantitative estimate of drug-likeness (QED) is 0.722. The highest BCUT2D eigenvalue weighted by Gasteiger charge is 2.17. The minimum atomic E-state index is -2.64. The molecule has 1 rings (SSSR count). The van der Waals surface area contributed by atoms with Gasteiger partial charge in [0.25, 0.3) is 6.43 Å². The number of hydrogen-bond donors (Lipinski definition) is 0. The highest BCUT2D eigenvalue weighted by atomic mass is 19.3. The Morgan fingerprint density at radius 1 is 1.67 bits per heavy atom. The molecule has 0 aliphatic heterocycles. The molecule has 0 unspecified atom stereocenters. The molecular formula is C9H12F2N2O2. The summed E-state index contributed by atoms with van der Waals surface area (Å²) in [5.41, 5.74) is 0.190. The van der Waals surface area contributed by atoms with E-state index >= 15 is 0 Å². The van der Waals surface area contributed by atoms with Crippen molar-refractivity contribution < 1.29 is 18.3 Å². The Kier molecular flexibility index (Phi) is 3.76. The van der Waals surface area contributed by atoms with Crippen LogP contribution in [-0.2, 0) is 16.1 Å². The maximum Gasteiger partial charge on any atom is 0.327 e. The highest BCUT2D eigenvalue weighted by Crippen LogP contribution is 2.19. The molecule has 84 valence electrons. The van der Waals surface area contributed by atoms with E-state index in [1.807, 2.05) is 0 Å². The Hall–Kier alpha value is -1.46. The van der Waals surface area contributed by atoms with Gasteiger partial charge in [0.1, 0.15) is 12.2 Å². The lowest BCUT2D eigenvalue weighted by atomic mass is 10.4. The van der Waals surface area contributed by atoms with E-state index in [0.717, 1.165) is 4.68 Å². The third-order valence-corrected chi connectivity index (χ3v) is 1.74. The monoisotopic (exact) mass is 218 g/mol. The van der Waals surface area contributed by atoms with Crippen molar-refractivity contribution in [2.75, 3.05) is 6.61 Å². The number of alkyl halides is 2. The maximum atomic E-state index is 12.5. The lowest BCUT2D eigenvalue weighted by Gasteiger charge is -2.05. The first-order valence-corrected chi connectivity index (χ1v) is 4.52. The standard InChI is InChI=1S/C9H12F2N2O2/c1-3-15-8(14)5-13-7(9(10)11)4-6(2)12-13/h4,9H,3,5H2,1-2H3. The SMILES string of the molecule is CCOC(=O)Cn1nc(C)cc1C(F)F. The zero-order valence-electron chi connectivity index (χ0n) is 8.54. The van der Waals surface area contributed by atoms with Crippen LogP contribution in [0.3, 0.4) is 0 Å². The first-order chi connectivity index (χ1) is 7.04. The van der Waals surface area contributed by atoms with Crippen molar-refractivity contribution in [3.8, 4) is 0 Å². The van der Waals surface area contributed by atoms with Crippen LogP contribution in [0.25, 0.3) is 0 Å². The number of nitrogens with zero attached hydrogens (tertiary/aromatic N) is 2. The smallest absolute Gasteiger partial charge is 0.327 e. The lowest BCUT2D eigenvalue weighted by Crippen LogP contribution is -2.16. The number of aryl methyl sites for hydroxylation is 1. The summed E-state index contributed by atoms with van der Waals surface area (Å²) in [7, 11) is 0. The molecule has 0 fully saturated rings. The Balaban J connectivity index is 2.79. The Labute approximate surface area is 85.8 Å². The molecule has 0 saturated carbocycles. The molecule has 0 aromatic carbocycles. The molecule has 1 heterocycles. The normalized spacial score (nSPS) is 10.7. The molecule has 0 aliphatic rings. The van der Waals surface area contributed by atoms with Crippen LogP contribution in [0.1, 0.15) is 24.7 Å². The van der Waals surface area contributed by atoms with E-state index in [0.29, 0.717) is 5.69 Å². The van der Waals surface area contributed by atoms with Crippen molar-refractivity contribution in [2.45, 2.75) is 26.8 Å². The fraction of sp³-hybridized carbons (Fsp3) is 0.556. The summed E-state index contributed by atoms with van der Waals surface area (Å²) >= 11 is 0. The van der Waals surface area contributed by atoms with Crippen LogP contribution in [0.5, 0.6) is 0 Å². The van der Waals surface area contributed by atoms with Gasteiger partial charge < -0.3 is 4.74 Å². The molecule has 6 heteroatoms. The third kappa shape index (κ3) is 3.00. The zero-order valence-corrected chi connectivity index (χ0v) is 8.54. The van der Waals surface area contributed by atoms with E-state index in [1.165, 1.54) is 6.07 Å². The number of ether oxygens (including phenoxy) is 1. The minimum Gasteiger partial charge on any atom is -0.465 e. The van der Waals surface area contributed by atoms with Gasteiger partial charge in [-0.05, 0) is 19.9 Å². The molecule has 15 heavy (non-hydrogen) atoms. The Morgan fingerprint density at radius 3 is 2.87 bits per heavy atom. The largest absolute Gasteiger partial charge is 0.465 e. The van der Waals surface area contributed by atoms with Crippen molar-refractivity contribution in [2.24, 2.45) is 0 Å². The summed E-state index contributed by atoms with van der Waals surface area (Å²) < 4.78 is 30.5. The summed E-state index contributed by atoms with van der Waals surface area (Å²) in [6.45, 7) is 3.19. The van der Waals surface area contributed by atoms with Crippen LogP contribution < -0.4 is 0 Å². The summed E-state index contributed by atoms with van der Waals surface area (Å²) in [6, 6.07) is 1.25. The third-order valence-electron chi connectivity index (χ3n) is 1.74.